The van der Waals surface area contributed by atoms with Crippen molar-refractivity contribution in [3.05, 3.63) is 63.3 Å². The van der Waals surface area contributed by atoms with E-state index in [1.807, 2.05) is 13.8 Å². The Morgan fingerprint density at radius 2 is 1.71 bits per heavy atom. The number of carbonyl (C=O) groups is 1. The number of methoxy groups -OCH3 is 3. The van der Waals surface area contributed by atoms with Gasteiger partial charge >= 0.3 is 0 Å². The minimum Gasteiger partial charge on any atom is -0.493 e. The average molecular weight is 486 g/mol. The Morgan fingerprint density at radius 3 is 2.31 bits per heavy atom. The lowest BCUT2D eigenvalue weighted by molar-refractivity contribution is 0.0593. The maximum atomic E-state index is 14.0. The fourth-order valence-corrected chi connectivity index (χ4v) is 4.38. The Hall–Kier alpha value is -3.59. The minimum absolute atomic E-state index is 0.0517. The number of fused-ring (bicyclic) bond motifs is 2. The van der Waals surface area contributed by atoms with E-state index in [1.165, 1.54) is 33.5 Å². The summed E-state index contributed by atoms with van der Waals surface area (Å²) < 4.78 is 41.9. The summed E-state index contributed by atoms with van der Waals surface area (Å²) in [5.41, 5.74) is 0.400. The molecule has 1 aliphatic heterocycles. The third kappa shape index (κ3) is 4.43. The van der Waals surface area contributed by atoms with Crippen LogP contribution in [-0.4, -0.2) is 51.4 Å². The molecule has 1 amide bonds. The zero-order valence-electron chi connectivity index (χ0n) is 20.3. The van der Waals surface area contributed by atoms with E-state index in [4.69, 9.17) is 23.4 Å². The normalized spacial score (nSPS) is 15.1. The van der Waals surface area contributed by atoms with Gasteiger partial charge in [0.25, 0.3) is 5.91 Å². The molecule has 0 spiro atoms. The van der Waals surface area contributed by atoms with Crippen molar-refractivity contribution in [2.24, 2.45) is 0 Å². The Balaban J connectivity index is 1.90. The van der Waals surface area contributed by atoms with Gasteiger partial charge in [0, 0.05) is 13.2 Å². The molecule has 2 heterocycles. The van der Waals surface area contributed by atoms with Gasteiger partial charge in [0.1, 0.15) is 11.4 Å². The zero-order chi connectivity index (χ0) is 25.3. The van der Waals surface area contributed by atoms with Crippen molar-refractivity contribution < 1.29 is 32.5 Å². The molecule has 0 radical (unpaired) electrons. The number of carbonyl (C=O) groups excluding carboxylic acids is 1. The van der Waals surface area contributed by atoms with Crippen molar-refractivity contribution in [1.82, 2.24) is 4.90 Å². The van der Waals surface area contributed by atoms with Crippen LogP contribution < -0.4 is 19.6 Å². The summed E-state index contributed by atoms with van der Waals surface area (Å²) in [5.74, 6) is 0.0854. The lowest BCUT2D eigenvalue weighted by Gasteiger charge is -2.26. The first-order valence-electron chi connectivity index (χ1n) is 11.3. The predicted octanol–water partition coefficient (Wildman–Crippen LogP) is 4.32. The van der Waals surface area contributed by atoms with E-state index in [0.717, 1.165) is 6.07 Å². The SMILES string of the molecule is COc1cc(C2c3c(oc4ccc(F)cc4c3=O)C(=O)N2CCCOC(C)C)cc(OC)c1OC. The molecule has 0 fully saturated rings. The first-order valence-corrected chi connectivity index (χ1v) is 11.3. The molecule has 1 atom stereocenters. The Morgan fingerprint density at radius 1 is 1.03 bits per heavy atom. The van der Waals surface area contributed by atoms with Crippen LogP contribution in [0.1, 0.15) is 48.0 Å². The van der Waals surface area contributed by atoms with Gasteiger partial charge in [0.15, 0.2) is 16.9 Å². The number of nitrogens with zero attached hydrogens (tertiary/aromatic N) is 1. The summed E-state index contributed by atoms with van der Waals surface area (Å²) in [6.45, 7) is 4.61. The fourth-order valence-electron chi connectivity index (χ4n) is 4.38. The molecule has 1 aromatic heterocycles. The van der Waals surface area contributed by atoms with E-state index in [9.17, 15) is 14.0 Å². The molecule has 3 aromatic rings. The first kappa shape index (κ1) is 24.5. The van der Waals surface area contributed by atoms with Gasteiger partial charge in [-0.25, -0.2) is 4.39 Å². The number of halogens is 1. The first-order chi connectivity index (χ1) is 16.8. The largest absolute Gasteiger partial charge is 0.493 e. The molecule has 0 bridgehead atoms. The monoisotopic (exact) mass is 485 g/mol. The van der Waals surface area contributed by atoms with Gasteiger partial charge in [-0.3, -0.25) is 9.59 Å². The molecule has 9 heteroatoms. The molecule has 2 aromatic carbocycles. The highest BCUT2D eigenvalue weighted by atomic mass is 19.1. The Bertz CT molecular complexity index is 1290. The number of hydrogen-bond acceptors (Lipinski definition) is 7. The molecule has 0 aliphatic carbocycles. The second-order valence-corrected chi connectivity index (χ2v) is 8.45. The highest BCUT2D eigenvalue weighted by molar-refractivity contribution is 5.99. The maximum absolute atomic E-state index is 14.0. The summed E-state index contributed by atoms with van der Waals surface area (Å²) in [6.07, 6.45) is 0.595. The third-order valence-corrected chi connectivity index (χ3v) is 5.93. The summed E-state index contributed by atoms with van der Waals surface area (Å²) in [5, 5.41) is 0.0685. The second kappa shape index (κ2) is 9.95. The van der Waals surface area contributed by atoms with E-state index in [0.29, 0.717) is 42.4 Å². The van der Waals surface area contributed by atoms with Gasteiger partial charge in [-0.15, -0.1) is 0 Å². The number of hydrogen-bond donors (Lipinski definition) is 0. The standard InChI is InChI=1S/C26H28FNO7/c1-14(2)34-10-6-9-28-22(15-11-19(31-3)24(33-5)20(12-15)32-4)21-23(29)17-13-16(27)7-8-18(17)35-25(21)26(28)30/h7-8,11-14,22H,6,9-10H2,1-5H3. The van der Waals surface area contributed by atoms with Crippen LogP contribution >= 0.6 is 0 Å². The van der Waals surface area contributed by atoms with Crippen LogP contribution in [0.25, 0.3) is 11.0 Å². The Labute approximate surface area is 202 Å². The second-order valence-electron chi connectivity index (χ2n) is 8.45. The van der Waals surface area contributed by atoms with E-state index in [-0.39, 0.29) is 28.4 Å². The van der Waals surface area contributed by atoms with Crippen LogP contribution in [0.4, 0.5) is 4.39 Å². The summed E-state index contributed by atoms with van der Waals surface area (Å²) in [7, 11) is 4.46. The average Bonchev–Trinajstić information content (AvgIpc) is 3.12. The molecular formula is C26H28FNO7. The minimum atomic E-state index is -0.797. The number of ether oxygens (including phenoxy) is 4. The lowest BCUT2D eigenvalue weighted by Crippen LogP contribution is -2.31. The number of rotatable bonds is 9. The van der Waals surface area contributed by atoms with E-state index < -0.39 is 23.2 Å². The molecule has 4 rings (SSSR count). The van der Waals surface area contributed by atoms with Crippen molar-refractivity contribution in [1.29, 1.82) is 0 Å². The molecule has 0 saturated carbocycles. The molecule has 8 nitrogen and oxygen atoms in total. The van der Waals surface area contributed by atoms with Crippen LogP contribution in [-0.2, 0) is 4.74 Å². The van der Waals surface area contributed by atoms with Gasteiger partial charge in [0.05, 0.1) is 44.4 Å². The predicted molar refractivity (Wildman–Crippen MR) is 127 cm³/mol. The van der Waals surface area contributed by atoms with E-state index in [1.54, 1.807) is 17.0 Å². The summed E-state index contributed by atoms with van der Waals surface area (Å²) >= 11 is 0. The van der Waals surface area contributed by atoms with Crippen molar-refractivity contribution in [2.75, 3.05) is 34.5 Å². The zero-order valence-corrected chi connectivity index (χ0v) is 20.3. The van der Waals surface area contributed by atoms with Crippen LogP contribution in [0.2, 0.25) is 0 Å². The van der Waals surface area contributed by atoms with E-state index >= 15 is 0 Å². The number of benzene rings is 2. The number of amides is 1. The Kier molecular flexibility index (Phi) is 6.98. The van der Waals surface area contributed by atoms with Crippen LogP contribution in [0, 0.1) is 5.82 Å². The van der Waals surface area contributed by atoms with Crippen molar-refractivity contribution >= 4 is 16.9 Å². The maximum Gasteiger partial charge on any atom is 0.290 e. The molecule has 1 aliphatic rings. The van der Waals surface area contributed by atoms with Gasteiger partial charge in [-0.1, -0.05) is 0 Å². The highest BCUT2D eigenvalue weighted by Gasteiger charge is 2.43. The van der Waals surface area contributed by atoms with Crippen LogP contribution in [0.3, 0.4) is 0 Å². The molecule has 35 heavy (non-hydrogen) atoms. The van der Waals surface area contributed by atoms with Crippen LogP contribution in [0.15, 0.2) is 39.5 Å². The van der Waals surface area contributed by atoms with Gasteiger partial charge in [-0.05, 0) is 56.2 Å². The molecule has 0 N–H and O–H groups in total. The summed E-state index contributed by atoms with van der Waals surface area (Å²) in [6, 6.07) is 6.26. The highest BCUT2D eigenvalue weighted by Crippen LogP contribution is 2.45. The smallest absolute Gasteiger partial charge is 0.290 e. The molecule has 0 saturated heterocycles. The van der Waals surface area contributed by atoms with E-state index in [2.05, 4.69) is 0 Å². The van der Waals surface area contributed by atoms with Crippen molar-refractivity contribution in [2.45, 2.75) is 32.4 Å². The third-order valence-electron chi connectivity index (χ3n) is 5.93. The van der Waals surface area contributed by atoms with Crippen molar-refractivity contribution in [3.8, 4) is 17.2 Å². The van der Waals surface area contributed by atoms with Crippen molar-refractivity contribution in [3.63, 3.8) is 0 Å². The molecular weight excluding hydrogens is 457 g/mol. The van der Waals surface area contributed by atoms with Crippen LogP contribution in [0.5, 0.6) is 17.2 Å². The lowest BCUT2D eigenvalue weighted by atomic mass is 9.97. The van der Waals surface area contributed by atoms with Gasteiger partial charge in [0.2, 0.25) is 11.5 Å². The topological polar surface area (TPSA) is 87.4 Å². The molecule has 1 unspecified atom stereocenters. The summed E-state index contributed by atoms with van der Waals surface area (Å²) in [4.78, 5) is 28.6. The quantitative estimate of drug-likeness (QED) is 0.417. The fraction of sp³-hybridized carbons (Fsp3) is 0.385. The molecule has 186 valence electrons. The van der Waals surface area contributed by atoms with Gasteiger partial charge in [-0.2, -0.15) is 0 Å². The van der Waals surface area contributed by atoms with Gasteiger partial charge < -0.3 is 28.3 Å².